The first-order valence-corrected chi connectivity index (χ1v) is 14.1. The maximum Gasteiger partial charge on any atom is 0.264 e. The summed E-state index contributed by atoms with van der Waals surface area (Å²) in [4.78, 5) is 12.8. The molecular weight excluding hydrogens is 507 g/mol. The molecule has 0 heterocycles. The number of nitrogens with zero attached hydrogens (tertiary/aromatic N) is 1. The summed E-state index contributed by atoms with van der Waals surface area (Å²) in [6.45, 7) is 3.76. The SMILES string of the molecule is Cc1ccc(S(=O)(=O)N(CC(=O)NCCCSCc2ccc(F)cc2)c2ccc(C)c(Cl)c2)cc1. The van der Waals surface area contributed by atoms with Crippen molar-refractivity contribution in [3.05, 3.63) is 94.3 Å². The Hall–Kier alpha value is -2.55. The minimum atomic E-state index is -3.99. The minimum Gasteiger partial charge on any atom is -0.354 e. The predicted octanol–water partition coefficient (Wildman–Crippen LogP) is 5.73. The maximum absolute atomic E-state index is 13.4. The van der Waals surface area contributed by atoms with E-state index in [2.05, 4.69) is 5.32 Å². The monoisotopic (exact) mass is 534 g/mol. The first-order valence-electron chi connectivity index (χ1n) is 11.1. The van der Waals surface area contributed by atoms with Crippen molar-refractivity contribution in [1.29, 1.82) is 0 Å². The topological polar surface area (TPSA) is 66.5 Å². The molecule has 0 spiro atoms. The molecule has 3 aromatic carbocycles. The smallest absolute Gasteiger partial charge is 0.264 e. The summed E-state index contributed by atoms with van der Waals surface area (Å²) in [6.07, 6.45) is 0.721. The van der Waals surface area contributed by atoms with Gasteiger partial charge in [0.15, 0.2) is 0 Å². The molecule has 0 aromatic heterocycles. The van der Waals surface area contributed by atoms with Crippen LogP contribution < -0.4 is 9.62 Å². The van der Waals surface area contributed by atoms with Gasteiger partial charge in [-0.05, 0) is 73.5 Å². The number of benzene rings is 3. The Bertz CT molecular complexity index is 1250. The molecule has 5 nitrogen and oxygen atoms in total. The van der Waals surface area contributed by atoms with E-state index in [1.165, 1.54) is 24.3 Å². The van der Waals surface area contributed by atoms with Crippen molar-refractivity contribution in [3.8, 4) is 0 Å². The molecule has 0 saturated carbocycles. The van der Waals surface area contributed by atoms with Crippen LogP contribution in [0.3, 0.4) is 0 Å². The first-order chi connectivity index (χ1) is 16.7. The molecule has 3 aromatic rings. The molecule has 0 atom stereocenters. The molecule has 0 bridgehead atoms. The van der Waals surface area contributed by atoms with Crippen molar-refractivity contribution >= 4 is 45.0 Å². The van der Waals surface area contributed by atoms with Gasteiger partial charge in [0.25, 0.3) is 10.0 Å². The van der Waals surface area contributed by atoms with Gasteiger partial charge in [-0.15, -0.1) is 0 Å². The number of aryl methyl sites for hydroxylation is 2. The van der Waals surface area contributed by atoms with Gasteiger partial charge in [-0.25, -0.2) is 12.8 Å². The molecule has 0 aliphatic heterocycles. The van der Waals surface area contributed by atoms with Crippen LogP contribution in [0.4, 0.5) is 10.1 Å². The zero-order chi connectivity index (χ0) is 25.4. The van der Waals surface area contributed by atoms with E-state index in [0.717, 1.165) is 38.9 Å². The lowest BCUT2D eigenvalue weighted by molar-refractivity contribution is -0.119. The third kappa shape index (κ3) is 7.72. The van der Waals surface area contributed by atoms with Crippen LogP contribution in [-0.4, -0.2) is 33.2 Å². The van der Waals surface area contributed by atoms with Crippen molar-refractivity contribution in [2.24, 2.45) is 0 Å². The number of sulfonamides is 1. The summed E-state index contributed by atoms with van der Waals surface area (Å²) in [6, 6.07) is 17.8. The molecule has 186 valence electrons. The number of rotatable bonds is 11. The molecule has 0 saturated heterocycles. The van der Waals surface area contributed by atoms with Gasteiger partial charge in [0, 0.05) is 17.3 Å². The second-order valence-electron chi connectivity index (χ2n) is 8.14. The van der Waals surface area contributed by atoms with Crippen molar-refractivity contribution in [1.82, 2.24) is 5.32 Å². The third-order valence-electron chi connectivity index (χ3n) is 5.31. The van der Waals surface area contributed by atoms with Crippen LogP contribution in [0.2, 0.25) is 5.02 Å². The molecule has 0 fully saturated rings. The third-order valence-corrected chi connectivity index (χ3v) is 8.62. The summed E-state index contributed by atoms with van der Waals surface area (Å²) in [5.41, 5.74) is 3.11. The van der Waals surface area contributed by atoms with Crippen LogP contribution in [0.5, 0.6) is 0 Å². The fourth-order valence-electron chi connectivity index (χ4n) is 3.25. The van der Waals surface area contributed by atoms with Crippen LogP contribution in [-0.2, 0) is 20.6 Å². The lowest BCUT2D eigenvalue weighted by Gasteiger charge is -2.24. The number of hydrogen-bond donors (Lipinski definition) is 1. The van der Waals surface area contributed by atoms with E-state index in [1.54, 1.807) is 54.2 Å². The number of hydrogen-bond acceptors (Lipinski definition) is 4. The predicted molar refractivity (Wildman–Crippen MR) is 142 cm³/mol. The van der Waals surface area contributed by atoms with E-state index in [4.69, 9.17) is 11.6 Å². The Morgan fingerprint density at radius 1 is 1.03 bits per heavy atom. The van der Waals surface area contributed by atoms with Gasteiger partial charge in [-0.2, -0.15) is 11.8 Å². The standard InChI is InChI=1S/C26H28ClFN2O3S2/c1-19-4-12-24(13-5-19)35(32,33)30(23-11-6-20(2)25(27)16-23)17-26(31)29-14-3-15-34-18-21-7-9-22(28)10-8-21/h4-13,16H,3,14-15,17-18H2,1-2H3,(H,29,31). The molecule has 1 amide bonds. The lowest BCUT2D eigenvalue weighted by Crippen LogP contribution is -2.41. The van der Waals surface area contributed by atoms with Gasteiger partial charge in [-0.3, -0.25) is 9.10 Å². The number of carbonyl (C=O) groups is 1. The number of nitrogens with one attached hydrogen (secondary N) is 1. The highest BCUT2D eigenvalue weighted by Crippen LogP contribution is 2.28. The largest absolute Gasteiger partial charge is 0.354 e. The Morgan fingerprint density at radius 2 is 1.71 bits per heavy atom. The van der Waals surface area contributed by atoms with Gasteiger partial charge in [0.1, 0.15) is 12.4 Å². The van der Waals surface area contributed by atoms with Crippen LogP contribution in [0, 0.1) is 19.7 Å². The summed E-state index contributed by atoms with van der Waals surface area (Å²) < 4.78 is 40.9. The van der Waals surface area contributed by atoms with E-state index in [-0.39, 0.29) is 17.3 Å². The number of thioether (sulfide) groups is 1. The number of halogens is 2. The average molecular weight is 535 g/mol. The summed E-state index contributed by atoms with van der Waals surface area (Å²) in [5.74, 6) is 0.899. The van der Waals surface area contributed by atoms with E-state index in [0.29, 0.717) is 17.3 Å². The molecule has 0 aliphatic rings. The number of carbonyl (C=O) groups excluding carboxylic acids is 1. The molecule has 1 N–H and O–H groups in total. The van der Waals surface area contributed by atoms with Gasteiger partial charge in [-0.1, -0.05) is 47.5 Å². The van der Waals surface area contributed by atoms with Gasteiger partial charge in [0.2, 0.25) is 5.91 Å². The highest BCUT2D eigenvalue weighted by Gasteiger charge is 2.27. The fraction of sp³-hybridized carbons (Fsp3) is 0.269. The zero-order valence-corrected chi connectivity index (χ0v) is 22.0. The normalized spacial score (nSPS) is 11.3. The highest BCUT2D eigenvalue weighted by molar-refractivity contribution is 7.98. The minimum absolute atomic E-state index is 0.102. The van der Waals surface area contributed by atoms with Crippen molar-refractivity contribution in [2.45, 2.75) is 30.9 Å². The number of amides is 1. The molecule has 0 aliphatic carbocycles. The fourth-order valence-corrected chi connectivity index (χ4v) is 5.76. The zero-order valence-electron chi connectivity index (χ0n) is 19.6. The Kier molecular flexibility index (Phi) is 9.60. The van der Waals surface area contributed by atoms with Crippen LogP contribution >= 0.6 is 23.4 Å². The average Bonchev–Trinajstić information content (AvgIpc) is 2.83. The molecule has 0 radical (unpaired) electrons. The quantitative estimate of drug-likeness (QED) is 0.319. The number of anilines is 1. The summed E-state index contributed by atoms with van der Waals surface area (Å²) in [5, 5.41) is 3.23. The molecule has 0 unspecified atom stereocenters. The molecule has 9 heteroatoms. The summed E-state index contributed by atoms with van der Waals surface area (Å²) in [7, 11) is -3.99. The van der Waals surface area contributed by atoms with E-state index < -0.39 is 15.9 Å². The Balaban J connectivity index is 1.61. The van der Waals surface area contributed by atoms with Crippen molar-refractivity contribution < 1.29 is 17.6 Å². The van der Waals surface area contributed by atoms with Gasteiger partial charge >= 0.3 is 0 Å². The highest BCUT2D eigenvalue weighted by atomic mass is 35.5. The second kappa shape index (κ2) is 12.4. The van der Waals surface area contributed by atoms with Crippen LogP contribution in [0.25, 0.3) is 0 Å². The maximum atomic E-state index is 13.4. The van der Waals surface area contributed by atoms with Crippen molar-refractivity contribution in [2.75, 3.05) is 23.1 Å². The van der Waals surface area contributed by atoms with Crippen LogP contribution in [0.1, 0.15) is 23.1 Å². The van der Waals surface area contributed by atoms with Gasteiger partial charge < -0.3 is 5.32 Å². The molecule has 35 heavy (non-hydrogen) atoms. The summed E-state index contributed by atoms with van der Waals surface area (Å²) >= 11 is 7.94. The Labute approximate surface area is 215 Å². The second-order valence-corrected chi connectivity index (χ2v) is 11.5. The molecular formula is C26H28ClFN2O3S2. The Morgan fingerprint density at radius 3 is 2.37 bits per heavy atom. The van der Waals surface area contributed by atoms with E-state index in [9.17, 15) is 17.6 Å². The lowest BCUT2D eigenvalue weighted by atomic mass is 10.2. The molecule has 3 rings (SSSR count). The van der Waals surface area contributed by atoms with E-state index in [1.807, 2.05) is 13.8 Å². The van der Waals surface area contributed by atoms with Gasteiger partial charge in [0.05, 0.1) is 10.6 Å². The van der Waals surface area contributed by atoms with E-state index >= 15 is 0 Å². The first kappa shape index (κ1) is 27.0. The van der Waals surface area contributed by atoms with Crippen molar-refractivity contribution in [3.63, 3.8) is 0 Å². The van der Waals surface area contributed by atoms with Crippen LogP contribution in [0.15, 0.2) is 71.6 Å².